The van der Waals surface area contributed by atoms with Crippen molar-refractivity contribution in [3.8, 4) is 0 Å². The van der Waals surface area contributed by atoms with Gasteiger partial charge in [0.15, 0.2) is 5.82 Å². The predicted molar refractivity (Wildman–Crippen MR) is 78.1 cm³/mol. The van der Waals surface area contributed by atoms with Gasteiger partial charge >= 0.3 is 0 Å². The Balaban J connectivity index is 2.21. The lowest BCUT2D eigenvalue weighted by Crippen LogP contribution is -2.00. The number of benzene rings is 1. The maximum absolute atomic E-state index is 6.04. The van der Waals surface area contributed by atoms with Crippen molar-refractivity contribution in [3.05, 3.63) is 35.5 Å². The minimum Gasteiger partial charge on any atom is -0.357 e. The van der Waals surface area contributed by atoms with Crippen molar-refractivity contribution >= 4 is 40.8 Å². The Hall–Kier alpha value is -1.46. The summed E-state index contributed by atoms with van der Waals surface area (Å²) in [6, 6.07) is 8.06. The lowest BCUT2D eigenvalue weighted by Gasteiger charge is -2.09. The number of hydrogen-bond acceptors (Lipinski definition) is 5. The lowest BCUT2D eigenvalue weighted by atomic mass is 10.3. The number of anilines is 3. The summed E-state index contributed by atoms with van der Waals surface area (Å²) in [5.74, 6) is 1.12. The van der Waals surface area contributed by atoms with Crippen molar-refractivity contribution in [3.63, 3.8) is 0 Å². The topological polar surface area (TPSA) is 49.8 Å². The van der Waals surface area contributed by atoms with Crippen LogP contribution in [0.4, 0.5) is 17.5 Å². The molecular formula is C12H13ClN4S. The van der Waals surface area contributed by atoms with Crippen molar-refractivity contribution in [2.75, 3.05) is 23.9 Å². The van der Waals surface area contributed by atoms with Crippen LogP contribution in [0, 0.1) is 0 Å². The van der Waals surface area contributed by atoms with Gasteiger partial charge in [-0.05, 0) is 30.5 Å². The molecule has 2 N–H and O–H groups in total. The second kappa shape index (κ2) is 5.93. The fourth-order valence-corrected chi connectivity index (χ4v) is 1.93. The van der Waals surface area contributed by atoms with E-state index in [2.05, 4.69) is 20.6 Å². The van der Waals surface area contributed by atoms with Gasteiger partial charge < -0.3 is 10.6 Å². The van der Waals surface area contributed by atoms with Gasteiger partial charge in [-0.1, -0.05) is 11.6 Å². The molecule has 0 aliphatic rings. The van der Waals surface area contributed by atoms with Gasteiger partial charge in [0.05, 0.1) is 6.20 Å². The molecule has 2 rings (SSSR count). The molecule has 0 atom stereocenters. The van der Waals surface area contributed by atoms with Gasteiger partial charge in [-0.25, -0.2) is 4.98 Å². The first kappa shape index (κ1) is 13.0. The summed E-state index contributed by atoms with van der Waals surface area (Å²) in [7, 11) is 1.76. The number of thioether (sulfide) groups is 1. The maximum atomic E-state index is 6.04. The Morgan fingerprint density at radius 1 is 1.22 bits per heavy atom. The smallest absolute Gasteiger partial charge is 0.224 e. The first-order valence-corrected chi connectivity index (χ1v) is 6.94. The summed E-state index contributed by atoms with van der Waals surface area (Å²) in [6.07, 6.45) is 3.61. The fourth-order valence-electron chi connectivity index (χ4n) is 1.39. The molecule has 0 bridgehead atoms. The highest BCUT2D eigenvalue weighted by molar-refractivity contribution is 7.98. The third-order valence-electron chi connectivity index (χ3n) is 2.32. The molecular weight excluding hydrogens is 268 g/mol. The van der Waals surface area contributed by atoms with E-state index in [0.717, 1.165) is 5.69 Å². The van der Waals surface area contributed by atoms with Crippen LogP contribution in [0.2, 0.25) is 5.02 Å². The van der Waals surface area contributed by atoms with Gasteiger partial charge in [-0.2, -0.15) is 4.98 Å². The molecule has 0 amide bonds. The van der Waals surface area contributed by atoms with Gasteiger partial charge in [0.25, 0.3) is 0 Å². The van der Waals surface area contributed by atoms with Crippen LogP contribution in [0.5, 0.6) is 0 Å². The van der Waals surface area contributed by atoms with E-state index in [1.165, 1.54) is 4.90 Å². The summed E-state index contributed by atoms with van der Waals surface area (Å²) < 4.78 is 0. The number of nitrogens with zero attached hydrogens (tertiary/aromatic N) is 2. The summed E-state index contributed by atoms with van der Waals surface area (Å²) in [6.45, 7) is 0. The zero-order valence-electron chi connectivity index (χ0n) is 10.1. The quantitative estimate of drug-likeness (QED) is 0.838. The molecule has 6 heteroatoms. The van der Waals surface area contributed by atoms with E-state index in [1.807, 2.05) is 30.5 Å². The number of halogens is 1. The molecule has 94 valence electrons. The van der Waals surface area contributed by atoms with Crippen molar-refractivity contribution in [2.45, 2.75) is 4.90 Å². The third-order valence-corrected chi connectivity index (χ3v) is 3.34. The van der Waals surface area contributed by atoms with E-state index in [0.29, 0.717) is 16.8 Å². The normalized spacial score (nSPS) is 10.2. The second-order valence-corrected chi connectivity index (χ2v) is 4.78. The number of hydrogen-bond donors (Lipinski definition) is 2. The van der Waals surface area contributed by atoms with Crippen LogP contribution in [0.15, 0.2) is 35.4 Å². The monoisotopic (exact) mass is 280 g/mol. The molecule has 4 nitrogen and oxygen atoms in total. The molecule has 0 unspecified atom stereocenters. The standard InChI is InChI=1S/C12H13ClN4S/c1-14-12-15-7-10(13)11(17-12)16-8-3-5-9(18-2)6-4-8/h3-7H,1-2H3,(H2,14,15,16,17). The van der Waals surface area contributed by atoms with Crippen molar-refractivity contribution in [1.29, 1.82) is 0 Å². The molecule has 1 aromatic carbocycles. The first-order valence-electron chi connectivity index (χ1n) is 5.34. The number of rotatable bonds is 4. The van der Waals surface area contributed by atoms with Gasteiger partial charge in [0.1, 0.15) is 5.02 Å². The zero-order valence-corrected chi connectivity index (χ0v) is 11.6. The molecule has 1 aromatic heterocycles. The summed E-state index contributed by atoms with van der Waals surface area (Å²) in [5.41, 5.74) is 0.940. The molecule has 0 aliphatic heterocycles. The van der Waals surface area contributed by atoms with Crippen molar-refractivity contribution in [2.24, 2.45) is 0 Å². The fraction of sp³-hybridized carbons (Fsp3) is 0.167. The molecule has 0 spiro atoms. The van der Waals surface area contributed by atoms with E-state index in [1.54, 1.807) is 25.0 Å². The molecule has 0 saturated heterocycles. The van der Waals surface area contributed by atoms with Crippen molar-refractivity contribution in [1.82, 2.24) is 9.97 Å². The summed E-state index contributed by atoms with van der Waals surface area (Å²) >= 11 is 7.75. The highest BCUT2D eigenvalue weighted by atomic mass is 35.5. The largest absolute Gasteiger partial charge is 0.357 e. The molecule has 2 aromatic rings. The highest BCUT2D eigenvalue weighted by Crippen LogP contribution is 2.25. The molecule has 0 saturated carbocycles. The average molecular weight is 281 g/mol. The highest BCUT2D eigenvalue weighted by Gasteiger charge is 2.04. The Bertz CT molecular complexity index is 530. The van der Waals surface area contributed by atoms with Gasteiger partial charge in [-0.3, -0.25) is 0 Å². The Labute approximate surface area is 115 Å². The van der Waals surface area contributed by atoms with Gasteiger partial charge in [0, 0.05) is 17.6 Å². The van der Waals surface area contributed by atoms with Crippen LogP contribution < -0.4 is 10.6 Å². The zero-order chi connectivity index (χ0) is 13.0. The number of aromatic nitrogens is 2. The lowest BCUT2D eigenvalue weighted by molar-refractivity contribution is 1.15. The van der Waals surface area contributed by atoms with E-state index in [9.17, 15) is 0 Å². The first-order chi connectivity index (χ1) is 8.72. The van der Waals surface area contributed by atoms with E-state index in [-0.39, 0.29) is 0 Å². The average Bonchev–Trinajstić information content (AvgIpc) is 2.42. The molecule has 0 fully saturated rings. The minimum atomic E-state index is 0.489. The van der Waals surface area contributed by atoms with Crippen LogP contribution in [-0.2, 0) is 0 Å². The Morgan fingerprint density at radius 3 is 2.56 bits per heavy atom. The van der Waals surface area contributed by atoms with Crippen LogP contribution in [0.25, 0.3) is 0 Å². The Kier molecular flexibility index (Phi) is 4.28. The molecule has 0 aliphatic carbocycles. The van der Waals surface area contributed by atoms with Crippen LogP contribution in [0.1, 0.15) is 0 Å². The second-order valence-electron chi connectivity index (χ2n) is 3.49. The van der Waals surface area contributed by atoms with Crippen LogP contribution in [0.3, 0.4) is 0 Å². The van der Waals surface area contributed by atoms with E-state index >= 15 is 0 Å². The maximum Gasteiger partial charge on any atom is 0.224 e. The van der Waals surface area contributed by atoms with Gasteiger partial charge in [0.2, 0.25) is 5.95 Å². The predicted octanol–water partition coefficient (Wildman–Crippen LogP) is 3.64. The van der Waals surface area contributed by atoms with Crippen LogP contribution in [-0.4, -0.2) is 23.3 Å². The third kappa shape index (κ3) is 3.05. The van der Waals surface area contributed by atoms with E-state index < -0.39 is 0 Å². The molecule has 18 heavy (non-hydrogen) atoms. The number of nitrogens with one attached hydrogen (secondary N) is 2. The van der Waals surface area contributed by atoms with Gasteiger partial charge in [-0.15, -0.1) is 11.8 Å². The minimum absolute atomic E-state index is 0.489. The molecule has 1 heterocycles. The Morgan fingerprint density at radius 2 is 1.94 bits per heavy atom. The summed E-state index contributed by atoms with van der Waals surface area (Å²) in [4.78, 5) is 9.50. The van der Waals surface area contributed by atoms with Crippen LogP contribution >= 0.6 is 23.4 Å². The molecule has 0 radical (unpaired) electrons. The summed E-state index contributed by atoms with van der Waals surface area (Å²) in [5, 5.41) is 6.53. The SMILES string of the molecule is CNc1ncc(Cl)c(Nc2ccc(SC)cc2)n1. The van der Waals surface area contributed by atoms with Crippen molar-refractivity contribution < 1.29 is 0 Å². The van der Waals surface area contributed by atoms with E-state index in [4.69, 9.17) is 11.6 Å².